The number of rotatable bonds is 6. The molecule has 0 aliphatic carbocycles. The third-order valence-corrected chi connectivity index (χ3v) is 6.34. The molecule has 7 nitrogen and oxygen atoms in total. The largest absolute Gasteiger partial charge is 0.497 e. The monoisotopic (exact) mass is 449 g/mol. The van der Waals surface area contributed by atoms with Crippen LogP contribution >= 0.6 is 0 Å². The summed E-state index contributed by atoms with van der Waals surface area (Å²) in [5.74, 6) is 1.95. The summed E-state index contributed by atoms with van der Waals surface area (Å²) in [5, 5.41) is 10.5. The first-order chi connectivity index (χ1) is 16.0. The van der Waals surface area contributed by atoms with Gasteiger partial charge in [-0.25, -0.2) is 9.86 Å². The standard InChI is InChI=1S/C26H31N3O4/c1-4-29(31)26(30)28-15-13-19(14-16-28)24-17-23(18-5-9-21(32-2)10-6-18)25(27-24)20-7-11-22(33-3)12-8-20/h5-12,17,19,27,31H,4,13-16H2,1-3H3. The number of urea groups is 1. The highest BCUT2D eigenvalue weighted by molar-refractivity contribution is 5.82. The van der Waals surface area contributed by atoms with Gasteiger partial charge in [0.05, 0.1) is 19.9 Å². The van der Waals surface area contributed by atoms with Gasteiger partial charge < -0.3 is 19.4 Å². The SMILES string of the molecule is CCN(O)C(=O)N1CCC(c2cc(-c3ccc(OC)cc3)c(-c3ccc(OC)cc3)[nH]2)CC1. The van der Waals surface area contributed by atoms with Crippen molar-refractivity contribution in [2.75, 3.05) is 33.9 Å². The van der Waals surface area contributed by atoms with Crippen LogP contribution in [0.4, 0.5) is 4.79 Å². The first kappa shape index (κ1) is 22.7. The summed E-state index contributed by atoms with van der Waals surface area (Å²) >= 11 is 0. The van der Waals surface area contributed by atoms with E-state index < -0.39 is 0 Å². The second kappa shape index (κ2) is 10.0. The molecule has 0 spiro atoms. The molecule has 2 N–H and O–H groups in total. The number of nitrogens with zero attached hydrogens (tertiary/aromatic N) is 2. The molecular weight excluding hydrogens is 418 g/mol. The van der Waals surface area contributed by atoms with Crippen molar-refractivity contribution >= 4 is 6.03 Å². The number of methoxy groups -OCH3 is 2. The van der Waals surface area contributed by atoms with Crippen LogP contribution < -0.4 is 9.47 Å². The van der Waals surface area contributed by atoms with Gasteiger partial charge in [-0.1, -0.05) is 12.1 Å². The van der Waals surface area contributed by atoms with Gasteiger partial charge in [-0.05, 0) is 73.4 Å². The van der Waals surface area contributed by atoms with E-state index in [1.165, 1.54) is 0 Å². The second-order valence-electron chi connectivity index (χ2n) is 8.23. The third kappa shape index (κ3) is 4.83. The molecule has 1 saturated heterocycles. The average molecular weight is 450 g/mol. The molecule has 174 valence electrons. The molecule has 2 aromatic carbocycles. The van der Waals surface area contributed by atoms with Crippen LogP contribution in [-0.4, -0.2) is 60.0 Å². The molecule has 7 heteroatoms. The summed E-state index contributed by atoms with van der Waals surface area (Å²) in [7, 11) is 3.33. The molecule has 4 rings (SSSR count). The van der Waals surface area contributed by atoms with Crippen LogP contribution in [0.15, 0.2) is 54.6 Å². The van der Waals surface area contributed by atoms with Gasteiger partial charge in [0.1, 0.15) is 11.5 Å². The summed E-state index contributed by atoms with van der Waals surface area (Å²) < 4.78 is 10.6. The molecule has 1 aliphatic heterocycles. The number of hydroxylamine groups is 2. The van der Waals surface area contributed by atoms with Crippen LogP contribution in [0.5, 0.6) is 11.5 Å². The van der Waals surface area contributed by atoms with Crippen LogP contribution in [0.1, 0.15) is 31.4 Å². The number of benzene rings is 2. The Hall–Kier alpha value is -3.45. The number of aromatic amines is 1. The molecule has 0 saturated carbocycles. The Morgan fingerprint density at radius 3 is 2.06 bits per heavy atom. The number of H-pyrrole nitrogens is 1. The minimum Gasteiger partial charge on any atom is -0.497 e. The lowest BCUT2D eigenvalue weighted by atomic mass is 9.93. The van der Waals surface area contributed by atoms with Crippen LogP contribution in [0.25, 0.3) is 22.4 Å². The number of nitrogens with one attached hydrogen (secondary N) is 1. The van der Waals surface area contributed by atoms with E-state index in [1.54, 1.807) is 26.0 Å². The lowest BCUT2D eigenvalue weighted by Gasteiger charge is -2.33. The lowest BCUT2D eigenvalue weighted by molar-refractivity contribution is -0.0542. The summed E-state index contributed by atoms with van der Waals surface area (Å²) in [6, 6.07) is 18.0. The number of carbonyl (C=O) groups is 1. The van der Waals surface area contributed by atoms with Crippen LogP contribution in [-0.2, 0) is 0 Å². The molecule has 2 heterocycles. The maximum absolute atomic E-state index is 12.3. The third-order valence-electron chi connectivity index (χ3n) is 6.34. The molecule has 0 bridgehead atoms. The fourth-order valence-corrected chi connectivity index (χ4v) is 4.36. The van der Waals surface area contributed by atoms with E-state index in [4.69, 9.17) is 9.47 Å². The molecule has 1 aliphatic rings. The van der Waals surface area contributed by atoms with Crippen LogP contribution in [0.2, 0.25) is 0 Å². The highest BCUT2D eigenvalue weighted by Gasteiger charge is 2.27. The van der Waals surface area contributed by atoms with Crippen molar-refractivity contribution < 1.29 is 19.5 Å². The first-order valence-corrected chi connectivity index (χ1v) is 11.3. The molecule has 1 aromatic heterocycles. The van der Waals surface area contributed by atoms with E-state index >= 15 is 0 Å². The normalized spacial score (nSPS) is 14.2. The smallest absolute Gasteiger partial charge is 0.343 e. The Bertz CT molecular complexity index is 1000. The first-order valence-electron chi connectivity index (χ1n) is 11.3. The van der Waals surface area contributed by atoms with Gasteiger partial charge >= 0.3 is 6.03 Å². The van der Waals surface area contributed by atoms with Gasteiger partial charge in [-0.3, -0.25) is 5.21 Å². The Balaban J connectivity index is 1.62. The van der Waals surface area contributed by atoms with E-state index in [0.29, 0.717) is 19.0 Å². The Morgan fingerprint density at radius 2 is 1.55 bits per heavy atom. The number of carbonyl (C=O) groups excluding carboxylic acids is 1. The molecular formula is C26H31N3O4. The molecule has 3 aromatic rings. The van der Waals surface area contributed by atoms with Gasteiger partial charge in [0.25, 0.3) is 0 Å². The van der Waals surface area contributed by atoms with Gasteiger partial charge in [0, 0.05) is 36.8 Å². The second-order valence-corrected chi connectivity index (χ2v) is 8.23. The Kier molecular flexibility index (Phi) is 6.89. The van der Waals surface area contributed by atoms with E-state index in [0.717, 1.165) is 57.5 Å². The highest BCUT2D eigenvalue weighted by Crippen LogP contribution is 2.38. The van der Waals surface area contributed by atoms with Crippen molar-refractivity contribution in [3.05, 3.63) is 60.3 Å². The highest BCUT2D eigenvalue weighted by atomic mass is 16.5. The fraction of sp³-hybridized carbons (Fsp3) is 0.346. The quantitative estimate of drug-likeness (QED) is 0.391. The van der Waals surface area contributed by atoms with Crippen molar-refractivity contribution in [2.45, 2.75) is 25.7 Å². The van der Waals surface area contributed by atoms with Crippen LogP contribution in [0.3, 0.4) is 0 Å². The zero-order valence-electron chi connectivity index (χ0n) is 19.4. The van der Waals surface area contributed by atoms with E-state index in [9.17, 15) is 10.0 Å². The van der Waals surface area contributed by atoms with Gasteiger partial charge in [0.2, 0.25) is 0 Å². The van der Waals surface area contributed by atoms with E-state index in [-0.39, 0.29) is 12.6 Å². The Morgan fingerprint density at radius 1 is 1.00 bits per heavy atom. The maximum Gasteiger partial charge on any atom is 0.343 e. The van der Waals surface area contributed by atoms with Crippen molar-refractivity contribution in [1.29, 1.82) is 0 Å². The predicted octanol–water partition coefficient (Wildman–Crippen LogP) is 5.38. The summed E-state index contributed by atoms with van der Waals surface area (Å²) in [4.78, 5) is 17.7. The Labute approximate surface area is 194 Å². The minimum atomic E-state index is -0.319. The number of piperidine rings is 1. The number of hydrogen-bond donors (Lipinski definition) is 2. The zero-order chi connectivity index (χ0) is 23.4. The van der Waals surface area contributed by atoms with Crippen molar-refractivity contribution in [3.63, 3.8) is 0 Å². The summed E-state index contributed by atoms with van der Waals surface area (Å²) in [5.41, 5.74) is 5.54. The topological polar surface area (TPSA) is 78.0 Å². The van der Waals surface area contributed by atoms with Gasteiger partial charge in [-0.2, -0.15) is 0 Å². The fourth-order valence-electron chi connectivity index (χ4n) is 4.36. The molecule has 0 radical (unpaired) electrons. The van der Waals surface area contributed by atoms with Crippen molar-refractivity contribution in [1.82, 2.24) is 14.9 Å². The van der Waals surface area contributed by atoms with Gasteiger partial charge in [0.15, 0.2) is 0 Å². The van der Waals surface area contributed by atoms with E-state index in [1.807, 2.05) is 24.3 Å². The maximum atomic E-state index is 12.3. The lowest BCUT2D eigenvalue weighted by Crippen LogP contribution is -2.45. The molecule has 0 atom stereocenters. The van der Waals surface area contributed by atoms with Crippen LogP contribution in [0, 0.1) is 0 Å². The molecule has 0 unspecified atom stereocenters. The number of hydrogen-bond acceptors (Lipinski definition) is 4. The average Bonchev–Trinajstić information content (AvgIpc) is 3.33. The summed E-state index contributed by atoms with van der Waals surface area (Å²) in [6.07, 6.45) is 1.68. The summed E-state index contributed by atoms with van der Waals surface area (Å²) in [6.45, 7) is 3.28. The van der Waals surface area contributed by atoms with Gasteiger partial charge in [-0.15, -0.1) is 0 Å². The molecule has 33 heavy (non-hydrogen) atoms. The number of ether oxygens (including phenoxy) is 2. The minimum absolute atomic E-state index is 0.284. The number of likely N-dealkylation sites (tertiary alicyclic amines) is 1. The number of aromatic nitrogens is 1. The number of amides is 2. The zero-order valence-corrected chi connectivity index (χ0v) is 19.4. The molecule has 2 amide bonds. The molecule has 1 fully saturated rings. The van der Waals surface area contributed by atoms with Crippen molar-refractivity contribution in [3.8, 4) is 33.9 Å². The van der Waals surface area contributed by atoms with E-state index in [2.05, 4.69) is 35.3 Å². The predicted molar refractivity (Wildman–Crippen MR) is 128 cm³/mol. The van der Waals surface area contributed by atoms with Crippen molar-refractivity contribution in [2.24, 2.45) is 0 Å².